The quantitative estimate of drug-likeness (QED) is 0.522. The largest absolute Gasteiger partial charge is 0.378 e. The molecule has 3 aromatic rings. The molecule has 0 aliphatic carbocycles. The first-order chi connectivity index (χ1) is 15.9. The van der Waals surface area contributed by atoms with E-state index in [4.69, 9.17) is 4.74 Å². The van der Waals surface area contributed by atoms with Crippen molar-refractivity contribution in [1.82, 2.24) is 24.6 Å². The van der Waals surface area contributed by atoms with Gasteiger partial charge in [0.2, 0.25) is 11.9 Å². The second-order valence-electron chi connectivity index (χ2n) is 7.45. The van der Waals surface area contributed by atoms with E-state index in [2.05, 4.69) is 25.7 Å². The molecule has 2 aromatic heterocycles. The number of aromatic nitrogens is 4. The van der Waals surface area contributed by atoms with E-state index in [0.717, 1.165) is 12.1 Å². The molecule has 33 heavy (non-hydrogen) atoms. The lowest BCUT2D eigenvalue weighted by Gasteiger charge is -2.26. The van der Waals surface area contributed by atoms with Crippen LogP contribution in [0.4, 0.5) is 30.6 Å². The van der Waals surface area contributed by atoms with E-state index in [-0.39, 0.29) is 24.9 Å². The number of morpholine rings is 1. The van der Waals surface area contributed by atoms with Crippen molar-refractivity contribution in [3.05, 3.63) is 59.3 Å². The summed E-state index contributed by atoms with van der Waals surface area (Å²) in [7, 11) is 0. The first-order valence-corrected chi connectivity index (χ1v) is 10.3. The molecule has 3 heterocycles. The van der Waals surface area contributed by atoms with Crippen LogP contribution in [-0.2, 0) is 22.6 Å². The fraction of sp³-hybridized carbons (Fsp3) is 0.333. The summed E-state index contributed by atoms with van der Waals surface area (Å²) in [5, 5.41) is 9.97. The average Bonchev–Trinajstić information content (AvgIpc) is 3.25. The summed E-state index contributed by atoms with van der Waals surface area (Å²) in [4.78, 5) is 22.6. The van der Waals surface area contributed by atoms with Gasteiger partial charge >= 0.3 is 0 Å². The number of anilines is 3. The third kappa shape index (κ3) is 5.40. The van der Waals surface area contributed by atoms with Crippen molar-refractivity contribution in [2.45, 2.75) is 20.0 Å². The number of nitrogens with zero attached hydrogens (tertiary/aromatic N) is 5. The van der Waals surface area contributed by atoms with Crippen LogP contribution in [0, 0.1) is 24.4 Å². The molecule has 174 valence electrons. The van der Waals surface area contributed by atoms with E-state index in [0.29, 0.717) is 43.4 Å². The van der Waals surface area contributed by atoms with E-state index in [1.165, 1.54) is 17.1 Å². The highest BCUT2D eigenvalue weighted by atomic mass is 19.2. The predicted octanol–water partition coefficient (Wildman–Crippen LogP) is 2.61. The molecule has 2 N–H and O–H groups in total. The Hall–Kier alpha value is -3.67. The van der Waals surface area contributed by atoms with Gasteiger partial charge in [-0.05, 0) is 19.1 Å². The maximum atomic E-state index is 13.9. The van der Waals surface area contributed by atoms with Gasteiger partial charge in [0.05, 0.1) is 25.1 Å². The second kappa shape index (κ2) is 9.86. The van der Waals surface area contributed by atoms with Crippen molar-refractivity contribution in [3.8, 4) is 0 Å². The number of amides is 1. The van der Waals surface area contributed by atoms with Gasteiger partial charge in [-0.25, -0.2) is 18.2 Å². The zero-order valence-corrected chi connectivity index (χ0v) is 17.8. The molecule has 0 bridgehead atoms. The Bertz CT molecular complexity index is 1150. The Kier molecular flexibility index (Phi) is 6.73. The molecule has 1 aliphatic rings. The number of carbonyl (C=O) groups is 1. The van der Waals surface area contributed by atoms with Crippen molar-refractivity contribution < 1.29 is 22.7 Å². The van der Waals surface area contributed by atoms with Crippen LogP contribution >= 0.6 is 0 Å². The predicted molar refractivity (Wildman–Crippen MR) is 113 cm³/mol. The first kappa shape index (κ1) is 22.5. The fourth-order valence-electron chi connectivity index (χ4n) is 3.28. The Morgan fingerprint density at radius 1 is 1.15 bits per heavy atom. The van der Waals surface area contributed by atoms with Crippen LogP contribution < -0.4 is 10.6 Å². The fourth-order valence-corrected chi connectivity index (χ4v) is 3.28. The lowest BCUT2D eigenvalue weighted by molar-refractivity contribution is -0.136. The number of benzene rings is 1. The van der Waals surface area contributed by atoms with E-state index in [9.17, 15) is 18.0 Å². The van der Waals surface area contributed by atoms with Crippen LogP contribution in [0.3, 0.4) is 0 Å². The van der Waals surface area contributed by atoms with Crippen molar-refractivity contribution in [1.29, 1.82) is 0 Å². The van der Waals surface area contributed by atoms with E-state index < -0.39 is 23.0 Å². The molecule has 0 radical (unpaired) electrons. The molecule has 1 fully saturated rings. The molecule has 0 unspecified atom stereocenters. The van der Waals surface area contributed by atoms with Gasteiger partial charge in [-0.3, -0.25) is 9.48 Å². The third-order valence-corrected chi connectivity index (χ3v) is 5.09. The van der Waals surface area contributed by atoms with Gasteiger partial charge in [-0.15, -0.1) is 0 Å². The Balaban J connectivity index is 1.40. The standard InChI is InChI=1S/C21H22F3N7O2/c1-13-8-26-21(29-20(13)25-10-15-16(22)2-3-17(23)19(15)24)28-14-9-27-31(11-14)12-18(32)30-4-6-33-7-5-30/h2-3,8-9,11H,4-7,10,12H2,1H3,(H2,25,26,28,29). The van der Waals surface area contributed by atoms with Crippen LogP contribution in [-0.4, -0.2) is 56.9 Å². The molecular weight excluding hydrogens is 439 g/mol. The summed E-state index contributed by atoms with van der Waals surface area (Å²) in [6.45, 7) is 3.68. The van der Waals surface area contributed by atoms with Gasteiger partial charge in [-0.1, -0.05) is 0 Å². The molecule has 12 heteroatoms. The van der Waals surface area contributed by atoms with Crippen molar-refractivity contribution >= 4 is 23.4 Å². The minimum absolute atomic E-state index is 0.0529. The van der Waals surface area contributed by atoms with Crippen molar-refractivity contribution in [3.63, 3.8) is 0 Å². The lowest BCUT2D eigenvalue weighted by Crippen LogP contribution is -2.42. The number of nitrogens with one attached hydrogen (secondary N) is 2. The zero-order valence-electron chi connectivity index (χ0n) is 17.8. The van der Waals surface area contributed by atoms with Crippen LogP contribution in [0.2, 0.25) is 0 Å². The van der Waals surface area contributed by atoms with Crippen LogP contribution in [0.1, 0.15) is 11.1 Å². The first-order valence-electron chi connectivity index (χ1n) is 10.3. The highest BCUT2D eigenvalue weighted by Crippen LogP contribution is 2.20. The van der Waals surface area contributed by atoms with Crippen LogP contribution in [0.5, 0.6) is 0 Å². The molecule has 1 aliphatic heterocycles. The van der Waals surface area contributed by atoms with Gasteiger partial charge < -0.3 is 20.3 Å². The molecule has 0 saturated carbocycles. The summed E-state index contributed by atoms with van der Waals surface area (Å²) in [5.41, 5.74) is 0.764. The normalized spacial score (nSPS) is 13.8. The molecule has 1 amide bonds. The van der Waals surface area contributed by atoms with Gasteiger partial charge in [0.25, 0.3) is 0 Å². The minimum Gasteiger partial charge on any atom is -0.378 e. The maximum Gasteiger partial charge on any atom is 0.244 e. The Morgan fingerprint density at radius 3 is 2.70 bits per heavy atom. The SMILES string of the molecule is Cc1cnc(Nc2cnn(CC(=O)N3CCOCC3)c2)nc1NCc1c(F)ccc(F)c1F. The maximum absolute atomic E-state index is 13.9. The highest BCUT2D eigenvalue weighted by Gasteiger charge is 2.18. The topological polar surface area (TPSA) is 97.2 Å². The molecular formula is C21H22F3N7O2. The van der Waals surface area contributed by atoms with Crippen molar-refractivity contribution in [2.75, 3.05) is 36.9 Å². The van der Waals surface area contributed by atoms with E-state index in [1.807, 2.05) is 0 Å². The minimum atomic E-state index is -1.24. The van der Waals surface area contributed by atoms with Gasteiger partial charge in [0.1, 0.15) is 18.2 Å². The number of hydrogen-bond donors (Lipinski definition) is 2. The molecule has 0 spiro atoms. The van der Waals surface area contributed by atoms with Gasteiger partial charge in [0, 0.05) is 43.2 Å². The van der Waals surface area contributed by atoms with Gasteiger partial charge in [-0.2, -0.15) is 10.1 Å². The summed E-state index contributed by atoms with van der Waals surface area (Å²) < 4.78 is 47.9. The highest BCUT2D eigenvalue weighted by molar-refractivity contribution is 5.76. The summed E-state index contributed by atoms with van der Waals surface area (Å²) in [5.74, 6) is -2.74. The Morgan fingerprint density at radius 2 is 1.91 bits per heavy atom. The lowest BCUT2D eigenvalue weighted by atomic mass is 10.2. The number of hydrogen-bond acceptors (Lipinski definition) is 7. The summed E-state index contributed by atoms with van der Waals surface area (Å²) in [6, 6.07) is 1.61. The zero-order chi connectivity index (χ0) is 23.4. The summed E-state index contributed by atoms with van der Waals surface area (Å²) in [6.07, 6.45) is 4.70. The number of aryl methyl sites for hydroxylation is 1. The molecule has 4 rings (SSSR count). The number of carbonyl (C=O) groups excluding carboxylic acids is 1. The smallest absolute Gasteiger partial charge is 0.244 e. The summed E-state index contributed by atoms with van der Waals surface area (Å²) >= 11 is 0. The monoisotopic (exact) mass is 461 g/mol. The van der Waals surface area contributed by atoms with Crippen molar-refractivity contribution in [2.24, 2.45) is 0 Å². The molecule has 0 atom stereocenters. The third-order valence-electron chi connectivity index (χ3n) is 5.09. The van der Waals surface area contributed by atoms with Crippen LogP contribution in [0.25, 0.3) is 0 Å². The number of rotatable bonds is 7. The average molecular weight is 461 g/mol. The Labute approximate surface area is 187 Å². The molecule has 9 nitrogen and oxygen atoms in total. The van der Waals surface area contributed by atoms with E-state index >= 15 is 0 Å². The van der Waals surface area contributed by atoms with E-state index in [1.54, 1.807) is 18.0 Å². The number of halogens is 3. The number of ether oxygens (including phenoxy) is 1. The second-order valence-corrected chi connectivity index (χ2v) is 7.45. The van der Waals surface area contributed by atoms with Gasteiger partial charge in [0.15, 0.2) is 11.6 Å². The van der Waals surface area contributed by atoms with Crippen LogP contribution in [0.15, 0.2) is 30.7 Å². The molecule has 1 saturated heterocycles. The molecule has 1 aromatic carbocycles.